The summed E-state index contributed by atoms with van der Waals surface area (Å²) >= 11 is 0. The summed E-state index contributed by atoms with van der Waals surface area (Å²) in [4.78, 5) is 15.7. The molecular formula is C49H29N3O2. The van der Waals surface area contributed by atoms with Crippen molar-refractivity contribution in [3.63, 3.8) is 0 Å². The van der Waals surface area contributed by atoms with E-state index in [1.54, 1.807) is 0 Å². The third-order valence-corrected chi connectivity index (χ3v) is 10.3. The summed E-state index contributed by atoms with van der Waals surface area (Å²) in [5.41, 5.74) is 10.5. The predicted molar refractivity (Wildman–Crippen MR) is 219 cm³/mol. The van der Waals surface area contributed by atoms with Crippen LogP contribution in [0.25, 0.3) is 111 Å². The Balaban J connectivity index is 1.17. The molecule has 0 aliphatic carbocycles. The summed E-state index contributed by atoms with van der Waals surface area (Å²) in [7, 11) is 0. The standard InChI is InChI=1S/C49H29N3O2/c1-3-12-30(13-4-1)32-16-11-17-34(26-32)47-50-48(35-23-25-44-39(28-35)37-19-9-10-21-43(37)53-44)52-49(51-47)42-29-41-40-27-33(31-14-5-2-6-15-31)22-24-45(40)54-46(41)38-20-8-7-18-36(38)42/h1-29H. The lowest BCUT2D eigenvalue weighted by Gasteiger charge is -2.12. The Morgan fingerprint density at radius 2 is 0.778 bits per heavy atom. The highest BCUT2D eigenvalue weighted by molar-refractivity contribution is 6.19. The molecule has 0 saturated carbocycles. The monoisotopic (exact) mass is 691 g/mol. The number of hydrogen-bond donors (Lipinski definition) is 0. The lowest BCUT2D eigenvalue weighted by molar-refractivity contribution is 0.669. The molecule has 0 atom stereocenters. The van der Waals surface area contributed by atoms with Crippen molar-refractivity contribution in [2.75, 3.05) is 0 Å². The van der Waals surface area contributed by atoms with Gasteiger partial charge in [0.15, 0.2) is 17.5 Å². The van der Waals surface area contributed by atoms with Crippen molar-refractivity contribution in [3.05, 3.63) is 176 Å². The highest BCUT2D eigenvalue weighted by Crippen LogP contribution is 2.41. The molecule has 0 saturated heterocycles. The van der Waals surface area contributed by atoms with Crippen molar-refractivity contribution in [3.8, 4) is 56.4 Å². The van der Waals surface area contributed by atoms with Crippen LogP contribution < -0.4 is 0 Å². The Morgan fingerprint density at radius 1 is 0.278 bits per heavy atom. The number of furan rings is 2. The van der Waals surface area contributed by atoms with Gasteiger partial charge in [-0.25, -0.2) is 15.0 Å². The highest BCUT2D eigenvalue weighted by atomic mass is 16.3. The molecule has 0 bridgehead atoms. The summed E-state index contributed by atoms with van der Waals surface area (Å²) in [6, 6.07) is 60.4. The van der Waals surface area contributed by atoms with Gasteiger partial charge in [-0.15, -0.1) is 0 Å². The molecule has 11 rings (SSSR count). The number of fused-ring (bicyclic) bond motifs is 8. The number of rotatable bonds is 5. The second kappa shape index (κ2) is 12.1. The van der Waals surface area contributed by atoms with E-state index < -0.39 is 0 Å². The molecule has 8 aromatic carbocycles. The Bertz CT molecular complexity index is 3220. The van der Waals surface area contributed by atoms with Crippen molar-refractivity contribution >= 4 is 54.6 Å². The summed E-state index contributed by atoms with van der Waals surface area (Å²) in [6.07, 6.45) is 0. The van der Waals surface area contributed by atoms with Crippen molar-refractivity contribution < 1.29 is 8.83 Å². The zero-order valence-corrected chi connectivity index (χ0v) is 28.9. The van der Waals surface area contributed by atoms with Crippen molar-refractivity contribution in [2.45, 2.75) is 0 Å². The van der Waals surface area contributed by atoms with Crippen molar-refractivity contribution in [1.29, 1.82) is 0 Å². The summed E-state index contributed by atoms with van der Waals surface area (Å²) in [5.74, 6) is 1.77. The van der Waals surface area contributed by atoms with E-state index in [1.807, 2.05) is 42.5 Å². The molecule has 3 aromatic heterocycles. The quantitative estimate of drug-likeness (QED) is 0.180. The average Bonchev–Trinajstić information content (AvgIpc) is 3.82. The molecule has 0 N–H and O–H groups in total. The molecule has 0 fully saturated rings. The normalized spacial score (nSPS) is 11.7. The van der Waals surface area contributed by atoms with Crippen LogP contribution >= 0.6 is 0 Å². The van der Waals surface area contributed by atoms with Crippen LogP contribution in [0.5, 0.6) is 0 Å². The third-order valence-electron chi connectivity index (χ3n) is 10.3. The van der Waals surface area contributed by atoms with Crippen molar-refractivity contribution in [1.82, 2.24) is 15.0 Å². The van der Waals surface area contributed by atoms with Gasteiger partial charge in [-0.3, -0.25) is 0 Å². The van der Waals surface area contributed by atoms with E-state index in [0.29, 0.717) is 17.5 Å². The van der Waals surface area contributed by atoms with Crippen LogP contribution in [0.15, 0.2) is 185 Å². The molecule has 54 heavy (non-hydrogen) atoms. The first-order valence-electron chi connectivity index (χ1n) is 18.0. The Hall–Kier alpha value is -7.37. The first-order valence-corrected chi connectivity index (χ1v) is 18.0. The Labute approximate surface area is 309 Å². The maximum Gasteiger partial charge on any atom is 0.164 e. The van der Waals surface area contributed by atoms with Gasteiger partial charge in [0.2, 0.25) is 0 Å². The smallest absolute Gasteiger partial charge is 0.164 e. The summed E-state index contributed by atoms with van der Waals surface area (Å²) < 4.78 is 12.8. The molecule has 0 aliphatic rings. The molecule has 0 radical (unpaired) electrons. The van der Waals surface area contributed by atoms with E-state index in [1.165, 1.54) is 0 Å². The van der Waals surface area contributed by atoms with Gasteiger partial charge in [0, 0.05) is 43.6 Å². The van der Waals surface area contributed by atoms with Gasteiger partial charge < -0.3 is 8.83 Å². The van der Waals surface area contributed by atoms with Crippen LogP contribution in [0, 0.1) is 0 Å². The van der Waals surface area contributed by atoms with E-state index in [2.05, 4.69) is 133 Å². The fraction of sp³-hybridized carbons (Fsp3) is 0. The zero-order valence-electron chi connectivity index (χ0n) is 28.9. The van der Waals surface area contributed by atoms with E-state index in [-0.39, 0.29) is 0 Å². The topological polar surface area (TPSA) is 65.0 Å². The second-order valence-corrected chi connectivity index (χ2v) is 13.6. The van der Waals surface area contributed by atoms with Gasteiger partial charge in [0.1, 0.15) is 22.3 Å². The number of para-hydroxylation sites is 1. The molecule has 5 heteroatoms. The van der Waals surface area contributed by atoms with Gasteiger partial charge in [-0.2, -0.15) is 0 Å². The highest BCUT2D eigenvalue weighted by Gasteiger charge is 2.20. The van der Waals surface area contributed by atoms with Crippen molar-refractivity contribution in [2.24, 2.45) is 0 Å². The Morgan fingerprint density at radius 3 is 1.54 bits per heavy atom. The number of hydrogen-bond acceptors (Lipinski definition) is 5. The minimum atomic E-state index is 0.583. The molecule has 0 unspecified atom stereocenters. The molecular weight excluding hydrogens is 663 g/mol. The summed E-state index contributed by atoms with van der Waals surface area (Å²) in [5, 5.41) is 6.13. The van der Waals surface area contributed by atoms with E-state index in [4.69, 9.17) is 23.8 Å². The SMILES string of the molecule is c1ccc(-c2cccc(-c3nc(-c4ccc5oc6ccccc6c5c4)nc(-c4cc5c6cc(-c7ccccc7)ccc6oc5c5ccccc45)n3)c2)cc1. The van der Waals surface area contributed by atoms with Crippen LogP contribution in [-0.2, 0) is 0 Å². The van der Waals surface area contributed by atoms with E-state index in [0.717, 1.165) is 93.6 Å². The zero-order chi connectivity index (χ0) is 35.6. The van der Waals surface area contributed by atoms with Crippen LogP contribution in [0.4, 0.5) is 0 Å². The second-order valence-electron chi connectivity index (χ2n) is 13.6. The number of benzene rings is 8. The largest absolute Gasteiger partial charge is 0.456 e. The van der Waals surface area contributed by atoms with Crippen LogP contribution in [0.3, 0.4) is 0 Å². The molecule has 5 nitrogen and oxygen atoms in total. The molecule has 0 amide bonds. The predicted octanol–water partition coefficient (Wildman–Crippen LogP) is 13.2. The molecule has 252 valence electrons. The lowest BCUT2D eigenvalue weighted by atomic mass is 9.98. The average molecular weight is 692 g/mol. The number of nitrogens with zero attached hydrogens (tertiary/aromatic N) is 3. The van der Waals surface area contributed by atoms with Crippen LogP contribution in [-0.4, -0.2) is 15.0 Å². The van der Waals surface area contributed by atoms with Crippen LogP contribution in [0.2, 0.25) is 0 Å². The van der Waals surface area contributed by atoms with E-state index in [9.17, 15) is 0 Å². The molecule has 3 heterocycles. The van der Waals surface area contributed by atoms with Gasteiger partial charge in [-0.1, -0.05) is 127 Å². The summed E-state index contributed by atoms with van der Waals surface area (Å²) in [6.45, 7) is 0. The maximum atomic E-state index is 6.60. The third kappa shape index (κ3) is 4.98. The fourth-order valence-corrected chi connectivity index (χ4v) is 7.68. The molecule has 11 aromatic rings. The van der Waals surface area contributed by atoms with Gasteiger partial charge in [0.05, 0.1) is 0 Å². The maximum absolute atomic E-state index is 6.60. The minimum absolute atomic E-state index is 0.583. The Kier molecular flexibility index (Phi) is 6.79. The molecule has 0 aliphatic heterocycles. The van der Waals surface area contributed by atoms with Crippen LogP contribution in [0.1, 0.15) is 0 Å². The fourth-order valence-electron chi connectivity index (χ4n) is 7.68. The first kappa shape index (κ1) is 30.3. The van der Waals surface area contributed by atoms with E-state index >= 15 is 0 Å². The first-order chi connectivity index (χ1) is 26.7. The van der Waals surface area contributed by atoms with Gasteiger partial charge >= 0.3 is 0 Å². The molecule has 0 spiro atoms. The van der Waals surface area contributed by atoms with Gasteiger partial charge in [0.25, 0.3) is 0 Å². The van der Waals surface area contributed by atoms with Gasteiger partial charge in [-0.05, 0) is 76.2 Å². The lowest BCUT2D eigenvalue weighted by Crippen LogP contribution is -2.01. The minimum Gasteiger partial charge on any atom is -0.456 e. The number of aromatic nitrogens is 3.